The average molecular weight is 365 g/mol. The fraction of sp³-hybridized carbons (Fsp3) is 0.412. The molecule has 0 aliphatic heterocycles. The quantitative estimate of drug-likeness (QED) is 0.715. The molecular formula is C17H18BrFN2O. The number of hydrogen-bond donors (Lipinski definition) is 0. The third kappa shape index (κ3) is 3.64. The molecule has 0 radical (unpaired) electrons. The smallest absolute Gasteiger partial charge is 0.164 e. The summed E-state index contributed by atoms with van der Waals surface area (Å²) in [6.45, 7) is 2.97. The van der Waals surface area contributed by atoms with Gasteiger partial charge in [-0.1, -0.05) is 0 Å². The highest BCUT2D eigenvalue weighted by Crippen LogP contribution is 2.30. The highest BCUT2D eigenvalue weighted by molar-refractivity contribution is 9.10. The van der Waals surface area contributed by atoms with Crippen LogP contribution in [0, 0.1) is 18.7 Å². The first-order valence-corrected chi connectivity index (χ1v) is 8.33. The molecule has 1 aromatic carbocycles. The predicted molar refractivity (Wildman–Crippen MR) is 86.4 cm³/mol. The third-order valence-electron chi connectivity index (χ3n) is 4.04. The van der Waals surface area contributed by atoms with E-state index in [1.165, 1.54) is 31.0 Å². The van der Waals surface area contributed by atoms with Gasteiger partial charge in [-0.05, 0) is 71.8 Å². The summed E-state index contributed by atoms with van der Waals surface area (Å²) in [5.74, 6) is 0.450. The van der Waals surface area contributed by atoms with Gasteiger partial charge in [0.25, 0.3) is 0 Å². The monoisotopic (exact) mass is 364 g/mol. The lowest BCUT2D eigenvalue weighted by molar-refractivity contribution is 0.0982. The number of carbonyl (C=O) groups is 1. The SMILES string of the molecule is Cc1nn(CC2CC2)cc1CCC(=O)c1ccc(F)cc1Br. The van der Waals surface area contributed by atoms with E-state index < -0.39 is 0 Å². The van der Waals surface area contributed by atoms with E-state index in [1.807, 2.05) is 11.6 Å². The molecule has 0 amide bonds. The zero-order valence-corrected chi connectivity index (χ0v) is 14.1. The second-order valence-corrected chi connectivity index (χ2v) is 6.81. The largest absolute Gasteiger partial charge is 0.294 e. The lowest BCUT2D eigenvalue weighted by Gasteiger charge is -2.03. The maximum atomic E-state index is 13.1. The molecule has 1 aliphatic carbocycles. The first-order valence-electron chi connectivity index (χ1n) is 7.54. The Morgan fingerprint density at radius 3 is 2.91 bits per heavy atom. The van der Waals surface area contributed by atoms with Crippen molar-refractivity contribution in [3.8, 4) is 0 Å². The van der Waals surface area contributed by atoms with Crippen molar-refractivity contribution in [3.05, 3.63) is 51.5 Å². The summed E-state index contributed by atoms with van der Waals surface area (Å²) in [4.78, 5) is 12.3. The summed E-state index contributed by atoms with van der Waals surface area (Å²) in [7, 11) is 0. The molecule has 0 spiro atoms. The average Bonchev–Trinajstić information content (AvgIpc) is 3.19. The Hall–Kier alpha value is -1.49. The summed E-state index contributed by atoms with van der Waals surface area (Å²) in [5.41, 5.74) is 2.64. The van der Waals surface area contributed by atoms with E-state index in [0.29, 0.717) is 22.9 Å². The van der Waals surface area contributed by atoms with Gasteiger partial charge in [-0.15, -0.1) is 0 Å². The van der Waals surface area contributed by atoms with Crippen molar-refractivity contribution in [2.24, 2.45) is 5.92 Å². The van der Waals surface area contributed by atoms with Crippen LogP contribution < -0.4 is 0 Å². The molecule has 22 heavy (non-hydrogen) atoms. The molecule has 1 aromatic heterocycles. The Kier molecular flexibility index (Phi) is 4.43. The molecule has 0 atom stereocenters. The molecule has 0 bridgehead atoms. The van der Waals surface area contributed by atoms with Crippen molar-refractivity contribution in [1.82, 2.24) is 9.78 Å². The maximum Gasteiger partial charge on any atom is 0.164 e. The van der Waals surface area contributed by atoms with Gasteiger partial charge >= 0.3 is 0 Å². The highest BCUT2D eigenvalue weighted by Gasteiger charge is 2.22. The van der Waals surface area contributed by atoms with Crippen LogP contribution in [0.4, 0.5) is 4.39 Å². The second kappa shape index (κ2) is 6.32. The van der Waals surface area contributed by atoms with Crippen molar-refractivity contribution in [2.45, 2.75) is 39.2 Å². The van der Waals surface area contributed by atoms with Gasteiger partial charge in [0.1, 0.15) is 5.82 Å². The molecule has 1 saturated carbocycles. The van der Waals surface area contributed by atoms with Crippen LogP contribution >= 0.6 is 15.9 Å². The third-order valence-corrected chi connectivity index (χ3v) is 4.70. The van der Waals surface area contributed by atoms with Crippen molar-refractivity contribution >= 4 is 21.7 Å². The molecule has 1 aliphatic rings. The van der Waals surface area contributed by atoms with Gasteiger partial charge in [0.15, 0.2) is 5.78 Å². The van der Waals surface area contributed by atoms with Crippen LogP contribution in [0.1, 0.15) is 40.9 Å². The van der Waals surface area contributed by atoms with Crippen molar-refractivity contribution in [3.63, 3.8) is 0 Å². The Bertz CT molecular complexity index is 707. The molecule has 1 fully saturated rings. The molecular weight excluding hydrogens is 347 g/mol. The van der Waals surface area contributed by atoms with Crippen LogP contribution in [-0.2, 0) is 13.0 Å². The number of hydrogen-bond acceptors (Lipinski definition) is 2. The van der Waals surface area contributed by atoms with Gasteiger partial charge in [-0.25, -0.2) is 4.39 Å². The Morgan fingerprint density at radius 1 is 1.45 bits per heavy atom. The second-order valence-electron chi connectivity index (χ2n) is 5.95. The lowest BCUT2D eigenvalue weighted by Crippen LogP contribution is -2.03. The van der Waals surface area contributed by atoms with Crippen molar-refractivity contribution in [2.75, 3.05) is 0 Å². The summed E-state index contributed by atoms with van der Waals surface area (Å²) in [6, 6.07) is 4.17. The summed E-state index contributed by atoms with van der Waals surface area (Å²) in [6.07, 6.45) is 5.72. The fourth-order valence-corrected chi connectivity index (χ4v) is 3.13. The van der Waals surface area contributed by atoms with Gasteiger partial charge in [-0.3, -0.25) is 9.48 Å². The summed E-state index contributed by atoms with van der Waals surface area (Å²) < 4.78 is 15.6. The highest BCUT2D eigenvalue weighted by atomic mass is 79.9. The molecule has 116 valence electrons. The van der Waals surface area contributed by atoms with Gasteiger partial charge in [0.2, 0.25) is 0 Å². The van der Waals surface area contributed by atoms with Gasteiger partial charge < -0.3 is 0 Å². The van der Waals surface area contributed by atoms with Crippen LogP contribution in [-0.4, -0.2) is 15.6 Å². The number of Topliss-reactive ketones (excluding diaryl/α,β-unsaturated/α-hetero) is 1. The van der Waals surface area contributed by atoms with Crippen LogP contribution in [0.2, 0.25) is 0 Å². The maximum absolute atomic E-state index is 13.1. The lowest BCUT2D eigenvalue weighted by atomic mass is 10.0. The van der Waals surface area contributed by atoms with Crippen LogP contribution in [0.15, 0.2) is 28.9 Å². The van der Waals surface area contributed by atoms with Gasteiger partial charge in [0.05, 0.1) is 5.69 Å². The van der Waals surface area contributed by atoms with Gasteiger partial charge in [-0.2, -0.15) is 5.10 Å². The number of aryl methyl sites for hydroxylation is 2. The minimum absolute atomic E-state index is 0.0150. The number of benzene rings is 1. The topological polar surface area (TPSA) is 34.9 Å². The Labute approximate surface area is 137 Å². The van der Waals surface area contributed by atoms with E-state index >= 15 is 0 Å². The molecule has 1 heterocycles. The molecule has 5 heteroatoms. The molecule has 0 saturated heterocycles. The number of nitrogens with zero attached hydrogens (tertiary/aromatic N) is 2. The Balaban J connectivity index is 1.63. The van der Waals surface area contributed by atoms with Gasteiger partial charge in [0, 0.05) is 29.2 Å². The predicted octanol–water partition coefficient (Wildman–Crippen LogP) is 4.32. The summed E-state index contributed by atoms with van der Waals surface area (Å²) in [5, 5.41) is 4.52. The molecule has 0 N–H and O–H groups in total. The zero-order valence-electron chi connectivity index (χ0n) is 12.5. The number of rotatable bonds is 6. The minimum Gasteiger partial charge on any atom is -0.294 e. The Morgan fingerprint density at radius 2 is 2.23 bits per heavy atom. The first-order chi connectivity index (χ1) is 10.5. The van der Waals surface area contributed by atoms with E-state index in [-0.39, 0.29) is 11.6 Å². The number of halogens is 2. The summed E-state index contributed by atoms with van der Waals surface area (Å²) >= 11 is 3.25. The van der Waals surface area contributed by atoms with Crippen molar-refractivity contribution in [1.29, 1.82) is 0 Å². The number of ketones is 1. The number of carbonyl (C=O) groups excluding carboxylic acids is 1. The van der Waals surface area contributed by atoms with E-state index in [4.69, 9.17) is 0 Å². The van der Waals surface area contributed by atoms with E-state index in [2.05, 4.69) is 27.2 Å². The van der Waals surface area contributed by atoms with Crippen LogP contribution in [0.3, 0.4) is 0 Å². The normalized spacial score (nSPS) is 14.3. The van der Waals surface area contributed by atoms with E-state index in [1.54, 1.807) is 0 Å². The van der Waals surface area contributed by atoms with E-state index in [9.17, 15) is 9.18 Å². The minimum atomic E-state index is -0.347. The van der Waals surface area contributed by atoms with E-state index in [0.717, 1.165) is 23.7 Å². The fourth-order valence-electron chi connectivity index (χ4n) is 2.56. The number of aromatic nitrogens is 2. The first kappa shape index (κ1) is 15.4. The van der Waals surface area contributed by atoms with Crippen LogP contribution in [0.5, 0.6) is 0 Å². The zero-order chi connectivity index (χ0) is 15.7. The van der Waals surface area contributed by atoms with Crippen LogP contribution in [0.25, 0.3) is 0 Å². The van der Waals surface area contributed by atoms with Crippen molar-refractivity contribution < 1.29 is 9.18 Å². The molecule has 2 aromatic rings. The standard InChI is InChI=1S/C17H18BrFN2O/c1-11-13(10-21(20-11)9-12-2-3-12)4-7-17(22)15-6-5-14(19)8-16(15)18/h5-6,8,10,12H,2-4,7,9H2,1H3. The molecule has 3 nitrogen and oxygen atoms in total. The molecule has 3 rings (SSSR count). The molecule has 0 unspecified atom stereocenters.